The minimum Gasteiger partial charge on any atom is -0.361 e. The van der Waals surface area contributed by atoms with Crippen LogP contribution in [-0.4, -0.2) is 36.4 Å². The van der Waals surface area contributed by atoms with Gasteiger partial charge in [-0.15, -0.1) is 11.3 Å². The van der Waals surface area contributed by atoms with Gasteiger partial charge in [-0.05, 0) is 45.7 Å². The van der Waals surface area contributed by atoms with E-state index in [1.807, 2.05) is 13.8 Å². The van der Waals surface area contributed by atoms with Crippen LogP contribution < -0.4 is 5.32 Å². The SMILES string of the molecule is Cc1ccc(S(=O)(=O)N2CCCC2C(=O)NCc2c(C)noc2C)s1. The summed E-state index contributed by atoms with van der Waals surface area (Å²) in [5, 5.41) is 6.68. The topological polar surface area (TPSA) is 92.5 Å². The van der Waals surface area contributed by atoms with Crippen LogP contribution in [0.3, 0.4) is 0 Å². The van der Waals surface area contributed by atoms with Gasteiger partial charge in [-0.25, -0.2) is 8.42 Å². The van der Waals surface area contributed by atoms with Gasteiger partial charge >= 0.3 is 0 Å². The van der Waals surface area contributed by atoms with E-state index in [1.54, 1.807) is 19.1 Å². The maximum Gasteiger partial charge on any atom is 0.253 e. The second-order valence-electron chi connectivity index (χ2n) is 6.16. The molecule has 1 amide bonds. The average Bonchev–Trinajstić information content (AvgIpc) is 3.27. The quantitative estimate of drug-likeness (QED) is 0.854. The van der Waals surface area contributed by atoms with Gasteiger partial charge in [-0.2, -0.15) is 4.31 Å². The van der Waals surface area contributed by atoms with E-state index >= 15 is 0 Å². The average molecular weight is 383 g/mol. The van der Waals surface area contributed by atoms with Crippen molar-refractivity contribution in [3.05, 3.63) is 34.0 Å². The van der Waals surface area contributed by atoms with E-state index in [0.29, 0.717) is 25.1 Å². The largest absolute Gasteiger partial charge is 0.361 e. The highest BCUT2D eigenvalue weighted by Crippen LogP contribution is 2.30. The third kappa shape index (κ3) is 3.49. The molecule has 0 radical (unpaired) electrons. The third-order valence-corrected chi connectivity index (χ3v) is 7.78. The summed E-state index contributed by atoms with van der Waals surface area (Å²) < 4.78 is 32.4. The Bertz CT molecular complexity index is 866. The number of thiophene rings is 1. The molecule has 0 aromatic carbocycles. The van der Waals surface area contributed by atoms with E-state index in [9.17, 15) is 13.2 Å². The molecule has 1 aliphatic heterocycles. The van der Waals surface area contributed by atoms with Crippen molar-refractivity contribution in [3.8, 4) is 0 Å². The number of rotatable bonds is 5. The Morgan fingerprint density at radius 2 is 2.16 bits per heavy atom. The monoisotopic (exact) mass is 383 g/mol. The second-order valence-corrected chi connectivity index (χ2v) is 9.56. The zero-order valence-corrected chi connectivity index (χ0v) is 16.0. The van der Waals surface area contributed by atoms with E-state index in [4.69, 9.17) is 4.52 Å². The van der Waals surface area contributed by atoms with Gasteiger partial charge < -0.3 is 9.84 Å². The summed E-state index contributed by atoms with van der Waals surface area (Å²) in [6.45, 7) is 6.10. The molecule has 2 aromatic heterocycles. The first kappa shape index (κ1) is 18.1. The summed E-state index contributed by atoms with van der Waals surface area (Å²) in [4.78, 5) is 13.5. The van der Waals surface area contributed by atoms with Crippen molar-refractivity contribution < 1.29 is 17.7 Å². The lowest BCUT2D eigenvalue weighted by Gasteiger charge is -2.22. The van der Waals surface area contributed by atoms with Crippen LogP contribution in [-0.2, 0) is 21.4 Å². The first-order chi connectivity index (χ1) is 11.8. The highest BCUT2D eigenvalue weighted by molar-refractivity contribution is 7.91. The van der Waals surface area contributed by atoms with Gasteiger partial charge in [-0.1, -0.05) is 5.16 Å². The van der Waals surface area contributed by atoms with Crippen molar-refractivity contribution in [2.45, 2.75) is 50.4 Å². The minimum atomic E-state index is -3.64. The normalized spacial score (nSPS) is 18.6. The number of hydrogen-bond donors (Lipinski definition) is 1. The fourth-order valence-corrected chi connectivity index (χ4v) is 6.07. The van der Waals surface area contributed by atoms with E-state index in [2.05, 4.69) is 10.5 Å². The molecule has 3 rings (SSSR count). The molecule has 3 heterocycles. The van der Waals surface area contributed by atoms with Crippen LogP contribution in [0.2, 0.25) is 0 Å². The van der Waals surface area contributed by atoms with Gasteiger partial charge in [0.05, 0.1) is 5.69 Å². The molecule has 9 heteroatoms. The molecule has 0 saturated carbocycles. The molecular formula is C16H21N3O4S2. The van der Waals surface area contributed by atoms with Crippen LogP contribution in [0.1, 0.15) is 34.7 Å². The van der Waals surface area contributed by atoms with E-state index in [0.717, 1.165) is 16.1 Å². The third-order valence-electron chi connectivity index (χ3n) is 4.41. The predicted octanol–water partition coefficient (Wildman–Crippen LogP) is 2.13. The molecule has 1 fully saturated rings. The molecule has 0 spiro atoms. The van der Waals surface area contributed by atoms with Crippen LogP contribution in [0.4, 0.5) is 0 Å². The Balaban J connectivity index is 1.74. The highest BCUT2D eigenvalue weighted by atomic mass is 32.2. The zero-order chi connectivity index (χ0) is 18.2. The van der Waals surface area contributed by atoms with Crippen LogP contribution in [0.5, 0.6) is 0 Å². The molecule has 0 aliphatic carbocycles. The van der Waals surface area contributed by atoms with Crippen molar-refractivity contribution >= 4 is 27.3 Å². The fourth-order valence-electron chi connectivity index (χ4n) is 3.00. The van der Waals surface area contributed by atoms with Crippen molar-refractivity contribution in [2.24, 2.45) is 0 Å². The molecule has 1 atom stereocenters. The van der Waals surface area contributed by atoms with E-state index < -0.39 is 16.1 Å². The molecule has 7 nitrogen and oxygen atoms in total. The molecule has 1 saturated heterocycles. The standard InChI is InChI=1S/C16H21N3O4S2/c1-10-6-7-15(24-10)25(21,22)19-8-4-5-14(19)16(20)17-9-13-11(2)18-23-12(13)3/h6-7,14H,4-5,8-9H2,1-3H3,(H,17,20). The number of hydrogen-bond acceptors (Lipinski definition) is 6. The zero-order valence-electron chi connectivity index (χ0n) is 14.4. The smallest absolute Gasteiger partial charge is 0.253 e. The van der Waals surface area contributed by atoms with Gasteiger partial charge in [0.1, 0.15) is 16.0 Å². The lowest BCUT2D eigenvalue weighted by atomic mass is 10.2. The molecule has 25 heavy (non-hydrogen) atoms. The van der Waals surface area contributed by atoms with Crippen molar-refractivity contribution in [2.75, 3.05) is 6.54 Å². The van der Waals surface area contributed by atoms with Crippen LogP contribution in [0.15, 0.2) is 20.9 Å². The first-order valence-corrected chi connectivity index (χ1v) is 10.3. The van der Waals surface area contributed by atoms with E-state index in [1.165, 1.54) is 15.6 Å². The molecule has 136 valence electrons. The van der Waals surface area contributed by atoms with Gasteiger partial charge in [0, 0.05) is 23.5 Å². The number of amides is 1. The minimum absolute atomic E-state index is 0.280. The lowest BCUT2D eigenvalue weighted by molar-refractivity contribution is -0.124. The van der Waals surface area contributed by atoms with Gasteiger partial charge in [-0.3, -0.25) is 4.79 Å². The Morgan fingerprint density at radius 3 is 2.76 bits per heavy atom. The summed E-state index contributed by atoms with van der Waals surface area (Å²) >= 11 is 1.23. The molecule has 0 bridgehead atoms. The Morgan fingerprint density at radius 1 is 1.40 bits per heavy atom. The second kappa shape index (κ2) is 6.89. The van der Waals surface area contributed by atoms with Crippen LogP contribution in [0.25, 0.3) is 0 Å². The summed E-state index contributed by atoms with van der Waals surface area (Å²) in [6.07, 6.45) is 1.20. The lowest BCUT2D eigenvalue weighted by Crippen LogP contribution is -2.45. The number of sulfonamides is 1. The molecule has 2 aromatic rings. The van der Waals surface area contributed by atoms with Gasteiger partial charge in [0.15, 0.2) is 0 Å². The fraction of sp³-hybridized carbons (Fsp3) is 0.500. The Labute approximate surface area is 151 Å². The number of carbonyl (C=O) groups is 1. The predicted molar refractivity (Wildman–Crippen MR) is 93.8 cm³/mol. The van der Waals surface area contributed by atoms with Crippen LogP contribution >= 0.6 is 11.3 Å². The van der Waals surface area contributed by atoms with Crippen molar-refractivity contribution in [1.82, 2.24) is 14.8 Å². The first-order valence-electron chi connectivity index (χ1n) is 8.08. The summed E-state index contributed by atoms with van der Waals surface area (Å²) in [5.41, 5.74) is 1.55. The number of carbonyl (C=O) groups excluding carboxylic acids is 1. The number of aromatic nitrogens is 1. The van der Waals surface area contributed by atoms with Crippen molar-refractivity contribution in [3.63, 3.8) is 0 Å². The number of nitrogens with zero attached hydrogens (tertiary/aromatic N) is 2. The Hall–Kier alpha value is -1.71. The maximum absolute atomic E-state index is 12.8. The molecule has 1 N–H and O–H groups in total. The van der Waals surface area contributed by atoms with Crippen LogP contribution in [0, 0.1) is 20.8 Å². The summed E-state index contributed by atoms with van der Waals surface area (Å²) in [6, 6.07) is 2.71. The molecule has 1 aliphatic rings. The highest BCUT2D eigenvalue weighted by Gasteiger charge is 2.40. The Kier molecular flexibility index (Phi) is 4.99. The number of aryl methyl sites for hydroxylation is 3. The molecule has 1 unspecified atom stereocenters. The number of nitrogens with one attached hydrogen (secondary N) is 1. The van der Waals surface area contributed by atoms with Gasteiger partial charge in [0.2, 0.25) is 5.91 Å². The summed E-state index contributed by atoms with van der Waals surface area (Å²) in [7, 11) is -3.64. The van der Waals surface area contributed by atoms with E-state index in [-0.39, 0.29) is 16.7 Å². The maximum atomic E-state index is 12.8. The molecular weight excluding hydrogens is 362 g/mol. The van der Waals surface area contributed by atoms with Crippen molar-refractivity contribution in [1.29, 1.82) is 0 Å². The summed E-state index contributed by atoms with van der Waals surface area (Å²) in [5.74, 6) is 0.372. The van der Waals surface area contributed by atoms with Gasteiger partial charge in [0.25, 0.3) is 10.0 Å².